The van der Waals surface area contributed by atoms with Crippen molar-refractivity contribution in [3.05, 3.63) is 41.1 Å². The third-order valence-corrected chi connectivity index (χ3v) is 5.19. The normalized spacial score (nSPS) is 16.1. The summed E-state index contributed by atoms with van der Waals surface area (Å²) in [6.45, 7) is 8.51. The van der Waals surface area contributed by atoms with Gasteiger partial charge in [-0.05, 0) is 63.4 Å². The van der Waals surface area contributed by atoms with Gasteiger partial charge in [-0.1, -0.05) is 19.4 Å². The number of aromatic nitrogens is 2. The minimum atomic E-state index is 0. The summed E-state index contributed by atoms with van der Waals surface area (Å²) in [5.74, 6) is 1.73. The van der Waals surface area contributed by atoms with Gasteiger partial charge in [0.1, 0.15) is 5.82 Å². The maximum absolute atomic E-state index is 4.83. The van der Waals surface area contributed by atoms with E-state index in [1.807, 2.05) is 7.05 Å². The number of benzene rings is 1. The standard InChI is InChI=1S/C21H31N5.2ClH/c1-5-7-17-13-20(26-11-6-8-19(14-26)22-4)25-21(23-17)24-18-10-9-15(2)16(3)12-18;;/h9-10,12-13,19,22H,5-8,11,14H2,1-4H3,(H,23,24,25);2*1H/t19-;;/m1../s1. The molecule has 1 aliphatic rings. The molecule has 1 aromatic heterocycles. The van der Waals surface area contributed by atoms with Gasteiger partial charge in [0, 0.05) is 36.6 Å². The lowest BCUT2D eigenvalue weighted by Gasteiger charge is -2.33. The number of hydrogen-bond acceptors (Lipinski definition) is 5. The molecule has 1 atom stereocenters. The average molecular weight is 426 g/mol. The minimum absolute atomic E-state index is 0. The van der Waals surface area contributed by atoms with Crippen LogP contribution in [-0.2, 0) is 6.42 Å². The van der Waals surface area contributed by atoms with Crippen molar-refractivity contribution in [3.8, 4) is 0 Å². The molecular formula is C21H33Cl2N5. The van der Waals surface area contributed by atoms with Crippen LogP contribution in [0.15, 0.2) is 24.3 Å². The molecule has 0 spiro atoms. The molecule has 2 heterocycles. The molecule has 3 rings (SSSR count). The van der Waals surface area contributed by atoms with E-state index >= 15 is 0 Å². The van der Waals surface area contributed by atoms with Gasteiger partial charge in [0.15, 0.2) is 0 Å². The Morgan fingerprint density at radius 3 is 2.57 bits per heavy atom. The first-order valence-electron chi connectivity index (χ1n) is 9.73. The van der Waals surface area contributed by atoms with Crippen molar-refractivity contribution in [2.45, 2.75) is 52.5 Å². The summed E-state index contributed by atoms with van der Waals surface area (Å²) < 4.78 is 0. The van der Waals surface area contributed by atoms with Crippen LogP contribution < -0.4 is 15.5 Å². The lowest BCUT2D eigenvalue weighted by molar-refractivity contribution is 0.447. The van der Waals surface area contributed by atoms with Crippen molar-refractivity contribution >= 4 is 42.3 Å². The number of nitrogens with zero attached hydrogens (tertiary/aromatic N) is 3. The van der Waals surface area contributed by atoms with Crippen molar-refractivity contribution in [3.63, 3.8) is 0 Å². The SMILES string of the molecule is CCCc1cc(N2CCC[C@@H](NC)C2)nc(Nc2ccc(C)c(C)c2)n1.Cl.Cl. The quantitative estimate of drug-likeness (QED) is 0.694. The number of nitrogens with one attached hydrogen (secondary N) is 2. The van der Waals surface area contributed by atoms with Crippen LogP contribution in [0, 0.1) is 13.8 Å². The van der Waals surface area contributed by atoms with E-state index in [9.17, 15) is 0 Å². The lowest BCUT2D eigenvalue weighted by atomic mass is 10.1. The average Bonchev–Trinajstić information content (AvgIpc) is 2.65. The van der Waals surface area contributed by atoms with Crippen LogP contribution >= 0.6 is 24.8 Å². The fourth-order valence-electron chi connectivity index (χ4n) is 3.45. The van der Waals surface area contributed by atoms with Crippen molar-refractivity contribution in [1.29, 1.82) is 0 Å². The molecule has 156 valence electrons. The second kappa shape index (κ2) is 11.4. The summed E-state index contributed by atoms with van der Waals surface area (Å²) in [7, 11) is 2.05. The molecule has 1 saturated heterocycles. The van der Waals surface area contributed by atoms with Gasteiger partial charge in [-0.3, -0.25) is 0 Å². The van der Waals surface area contributed by atoms with Crippen LogP contribution in [0.25, 0.3) is 0 Å². The minimum Gasteiger partial charge on any atom is -0.355 e. The maximum atomic E-state index is 4.83. The van der Waals surface area contributed by atoms with E-state index in [-0.39, 0.29) is 24.8 Å². The van der Waals surface area contributed by atoms with Crippen molar-refractivity contribution in [2.75, 3.05) is 30.4 Å². The van der Waals surface area contributed by atoms with Gasteiger partial charge in [-0.2, -0.15) is 4.98 Å². The van der Waals surface area contributed by atoms with E-state index in [0.717, 1.165) is 43.1 Å². The number of piperidine rings is 1. The predicted molar refractivity (Wildman–Crippen MR) is 124 cm³/mol. The molecule has 1 aliphatic heterocycles. The van der Waals surface area contributed by atoms with Crippen LogP contribution in [0.4, 0.5) is 17.5 Å². The van der Waals surface area contributed by atoms with Crippen molar-refractivity contribution in [2.24, 2.45) is 0 Å². The molecular weight excluding hydrogens is 393 g/mol. The summed E-state index contributed by atoms with van der Waals surface area (Å²) in [5.41, 5.74) is 4.71. The van der Waals surface area contributed by atoms with E-state index in [2.05, 4.69) is 60.6 Å². The molecule has 0 saturated carbocycles. The third kappa shape index (κ3) is 6.23. The summed E-state index contributed by atoms with van der Waals surface area (Å²) in [6.07, 6.45) is 4.48. The third-order valence-electron chi connectivity index (χ3n) is 5.19. The number of hydrogen-bond donors (Lipinski definition) is 2. The second-order valence-electron chi connectivity index (χ2n) is 7.29. The molecule has 2 aromatic rings. The Kier molecular flexibility index (Phi) is 10.0. The zero-order chi connectivity index (χ0) is 18.5. The summed E-state index contributed by atoms with van der Waals surface area (Å²) in [5, 5.41) is 6.82. The van der Waals surface area contributed by atoms with Gasteiger partial charge in [-0.25, -0.2) is 4.98 Å². The topological polar surface area (TPSA) is 53.1 Å². The number of aryl methyl sites for hydroxylation is 3. The molecule has 2 N–H and O–H groups in total. The summed E-state index contributed by atoms with van der Waals surface area (Å²) in [4.78, 5) is 12.0. The highest BCUT2D eigenvalue weighted by Crippen LogP contribution is 2.23. The number of halogens is 2. The van der Waals surface area contributed by atoms with Gasteiger partial charge in [0.25, 0.3) is 0 Å². The van der Waals surface area contributed by atoms with Crippen molar-refractivity contribution in [1.82, 2.24) is 15.3 Å². The molecule has 1 aromatic carbocycles. The maximum Gasteiger partial charge on any atom is 0.229 e. The first-order chi connectivity index (χ1) is 12.6. The monoisotopic (exact) mass is 425 g/mol. The highest BCUT2D eigenvalue weighted by Gasteiger charge is 2.20. The zero-order valence-corrected chi connectivity index (χ0v) is 18.9. The Hall–Kier alpha value is -1.56. The lowest BCUT2D eigenvalue weighted by Crippen LogP contribution is -2.44. The van der Waals surface area contributed by atoms with E-state index in [1.54, 1.807) is 0 Å². The van der Waals surface area contributed by atoms with Gasteiger partial charge in [0.05, 0.1) is 0 Å². The predicted octanol–water partition coefficient (Wildman–Crippen LogP) is 4.82. The van der Waals surface area contributed by atoms with Gasteiger partial charge >= 0.3 is 0 Å². The number of likely N-dealkylation sites (N-methyl/N-ethyl adjacent to an activating group) is 1. The van der Waals surface area contributed by atoms with Gasteiger partial charge in [-0.15, -0.1) is 24.8 Å². The van der Waals surface area contributed by atoms with E-state index in [1.165, 1.54) is 24.0 Å². The number of rotatable bonds is 6. The molecule has 0 aliphatic carbocycles. The molecule has 7 heteroatoms. The molecule has 5 nitrogen and oxygen atoms in total. The Balaban J connectivity index is 0.00000196. The molecule has 0 radical (unpaired) electrons. The van der Waals surface area contributed by atoms with Crippen LogP contribution in [-0.4, -0.2) is 36.1 Å². The van der Waals surface area contributed by atoms with Crippen LogP contribution in [0.3, 0.4) is 0 Å². The first kappa shape index (κ1) is 24.5. The highest BCUT2D eigenvalue weighted by atomic mass is 35.5. The zero-order valence-electron chi connectivity index (χ0n) is 17.3. The van der Waals surface area contributed by atoms with E-state index in [0.29, 0.717) is 12.0 Å². The summed E-state index contributed by atoms with van der Waals surface area (Å²) in [6, 6.07) is 9.08. The van der Waals surface area contributed by atoms with Crippen LogP contribution in [0.5, 0.6) is 0 Å². The fourth-order valence-corrected chi connectivity index (χ4v) is 3.45. The molecule has 0 amide bonds. The Morgan fingerprint density at radius 1 is 1.11 bits per heavy atom. The van der Waals surface area contributed by atoms with Gasteiger partial charge < -0.3 is 15.5 Å². The van der Waals surface area contributed by atoms with Crippen LogP contribution in [0.2, 0.25) is 0 Å². The second-order valence-corrected chi connectivity index (χ2v) is 7.29. The van der Waals surface area contributed by atoms with E-state index < -0.39 is 0 Å². The molecule has 0 unspecified atom stereocenters. The smallest absolute Gasteiger partial charge is 0.229 e. The molecule has 28 heavy (non-hydrogen) atoms. The number of anilines is 3. The Labute approximate surface area is 181 Å². The summed E-state index contributed by atoms with van der Waals surface area (Å²) >= 11 is 0. The Morgan fingerprint density at radius 2 is 1.89 bits per heavy atom. The van der Waals surface area contributed by atoms with E-state index in [4.69, 9.17) is 9.97 Å². The van der Waals surface area contributed by atoms with Crippen molar-refractivity contribution < 1.29 is 0 Å². The fraction of sp³-hybridized carbons (Fsp3) is 0.524. The highest BCUT2D eigenvalue weighted by molar-refractivity contribution is 5.85. The molecule has 0 bridgehead atoms. The van der Waals surface area contributed by atoms with Crippen LogP contribution in [0.1, 0.15) is 43.0 Å². The van der Waals surface area contributed by atoms with Gasteiger partial charge in [0.2, 0.25) is 5.95 Å². The Bertz CT molecular complexity index is 754. The largest absolute Gasteiger partial charge is 0.355 e. The molecule has 1 fully saturated rings. The first-order valence-corrected chi connectivity index (χ1v) is 9.73.